The molecule has 0 fully saturated rings. The minimum atomic E-state index is -4.81. The number of benzene rings is 1. The summed E-state index contributed by atoms with van der Waals surface area (Å²) in [6.07, 6.45) is -2.35. The lowest BCUT2D eigenvalue weighted by Crippen LogP contribution is -2.37. The van der Waals surface area contributed by atoms with Gasteiger partial charge in [0, 0.05) is 31.2 Å². The molecule has 0 saturated carbocycles. The zero-order valence-electron chi connectivity index (χ0n) is 17.6. The number of carbonyl (C=O) groups excluding carboxylic acids is 1. The first-order chi connectivity index (χ1) is 16.0. The summed E-state index contributed by atoms with van der Waals surface area (Å²) in [5.74, 6) is -1.97. The quantitative estimate of drug-likeness (QED) is 0.441. The molecule has 0 bridgehead atoms. The number of rotatable bonds is 4. The number of halogens is 4. The first-order valence-corrected chi connectivity index (χ1v) is 10.5. The van der Waals surface area contributed by atoms with Crippen molar-refractivity contribution in [3.05, 3.63) is 73.8 Å². The minimum absolute atomic E-state index is 0.116. The van der Waals surface area contributed by atoms with Crippen LogP contribution in [0.4, 0.5) is 22.7 Å². The predicted octanol–water partition coefficient (Wildman–Crippen LogP) is 3.09. The lowest BCUT2D eigenvalue weighted by molar-refractivity contribution is -0.140. The summed E-state index contributed by atoms with van der Waals surface area (Å²) in [5.41, 5.74) is -1.60. The van der Waals surface area contributed by atoms with E-state index in [-0.39, 0.29) is 33.7 Å². The van der Waals surface area contributed by atoms with E-state index in [4.69, 9.17) is 0 Å². The number of pyridine rings is 1. The molecular formula is C21H15F4N5O3S. The molecule has 0 unspecified atom stereocenters. The van der Waals surface area contributed by atoms with Crippen molar-refractivity contribution in [2.45, 2.75) is 12.6 Å². The van der Waals surface area contributed by atoms with Crippen LogP contribution in [0, 0.1) is 5.82 Å². The lowest BCUT2D eigenvalue weighted by Gasteiger charge is -2.10. The molecule has 0 aliphatic carbocycles. The van der Waals surface area contributed by atoms with Gasteiger partial charge in [-0.1, -0.05) is 6.07 Å². The standard InChI is InChI=1S/C21H15F4N5O3S/c1-29-15-8-26-7-11(17(15)18(32)30(2)20(29)33)6-16(31)28-19-27-14(9-34-19)10-3-4-12(13(22)5-10)21(23,24)25/h3-5,7-9H,6H2,1-2H3,(H,27,28,31). The fraction of sp³-hybridized carbons (Fsp3) is 0.190. The van der Waals surface area contributed by atoms with Gasteiger partial charge in [0.2, 0.25) is 5.91 Å². The summed E-state index contributed by atoms with van der Waals surface area (Å²) < 4.78 is 54.3. The first kappa shape index (κ1) is 23.3. The average Bonchev–Trinajstić information content (AvgIpc) is 3.23. The van der Waals surface area contributed by atoms with E-state index >= 15 is 0 Å². The number of nitrogens with one attached hydrogen (secondary N) is 1. The zero-order chi connectivity index (χ0) is 24.8. The fourth-order valence-corrected chi connectivity index (χ4v) is 4.15. The van der Waals surface area contributed by atoms with Crippen LogP contribution in [0.3, 0.4) is 0 Å². The number of fused-ring (bicyclic) bond motifs is 1. The van der Waals surface area contributed by atoms with Crippen LogP contribution in [-0.4, -0.2) is 25.0 Å². The Morgan fingerprint density at radius 2 is 1.88 bits per heavy atom. The molecule has 0 aliphatic rings. The Morgan fingerprint density at radius 1 is 1.15 bits per heavy atom. The Hall–Kier alpha value is -3.87. The van der Waals surface area contributed by atoms with Crippen LogP contribution in [-0.2, 0) is 31.5 Å². The van der Waals surface area contributed by atoms with E-state index in [2.05, 4.69) is 15.3 Å². The summed E-state index contributed by atoms with van der Waals surface area (Å²) in [5, 5.41) is 4.32. The summed E-state index contributed by atoms with van der Waals surface area (Å²) in [6.45, 7) is 0. The van der Waals surface area contributed by atoms with Crippen molar-refractivity contribution in [3.63, 3.8) is 0 Å². The van der Waals surface area contributed by atoms with Crippen LogP contribution in [0.15, 0.2) is 45.6 Å². The lowest BCUT2D eigenvalue weighted by atomic mass is 10.1. The van der Waals surface area contributed by atoms with Crippen molar-refractivity contribution >= 4 is 33.3 Å². The minimum Gasteiger partial charge on any atom is -0.302 e. The number of carbonyl (C=O) groups is 1. The maximum absolute atomic E-state index is 13.9. The SMILES string of the molecule is Cn1c(=O)c2c(CC(=O)Nc3nc(-c4ccc(C(F)(F)F)c(F)c4)cs3)cncc2n(C)c1=O. The highest BCUT2D eigenvalue weighted by atomic mass is 32.1. The third-order valence-corrected chi connectivity index (χ3v) is 5.89. The Bertz CT molecular complexity index is 1560. The molecular weight excluding hydrogens is 478 g/mol. The molecule has 0 spiro atoms. The van der Waals surface area contributed by atoms with Gasteiger partial charge in [-0.2, -0.15) is 13.2 Å². The van der Waals surface area contributed by atoms with Crippen molar-refractivity contribution in [2.75, 3.05) is 5.32 Å². The smallest absolute Gasteiger partial charge is 0.302 e. The molecule has 3 heterocycles. The molecule has 176 valence electrons. The van der Waals surface area contributed by atoms with E-state index < -0.39 is 34.7 Å². The monoisotopic (exact) mass is 493 g/mol. The maximum Gasteiger partial charge on any atom is 0.419 e. The molecule has 0 aliphatic heterocycles. The van der Waals surface area contributed by atoms with Crippen molar-refractivity contribution in [2.24, 2.45) is 14.1 Å². The topological polar surface area (TPSA) is 98.9 Å². The zero-order valence-corrected chi connectivity index (χ0v) is 18.4. The number of nitrogens with zero attached hydrogens (tertiary/aromatic N) is 4. The van der Waals surface area contributed by atoms with E-state index in [1.807, 2.05) is 0 Å². The second-order valence-electron chi connectivity index (χ2n) is 7.35. The van der Waals surface area contributed by atoms with Crippen LogP contribution < -0.4 is 16.6 Å². The summed E-state index contributed by atoms with van der Waals surface area (Å²) in [6, 6.07) is 2.45. The Morgan fingerprint density at radius 3 is 2.56 bits per heavy atom. The highest BCUT2D eigenvalue weighted by Crippen LogP contribution is 2.34. The predicted molar refractivity (Wildman–Crippen MR) is 117 cm³/mol. The van der Waals surface area contributed by atoms with Gasteiger partial charge < -0.3 is 5.32 Å². The summed E-state index contributed by atoms with van der Waals surface area (Å²) >= 11 is 0.998. The molecule has 4 rings (SSSR count). The van der Waals surface area contributed by atoms with Crippen LogP contribution >= 0.6 is 11.3 Å². The summed E-state index contributed by atoms with van der Waals surface area (Å²) in [7, 11) is 2.81. The molecule has 0 radical (unpaired) electrons. The van der Waals surface area contributed by atoms with Crippen molar-refractivity contribution in [1.29, 1.82) is 0 Å². The van der Waals surface area contributed by atoms with Gasteiger partial charge in [-0.15, -0.1) is 11.3 Å². The van der Waals surface area contributed by atoms with E-state index in [1.165, 1.54) is 36.4 Å². The number of aromatic nitrogens is 4. The van der Waals surface area contributed by atoms with Crippen LogP contribution in [0.5, 0.6) is 0 Å². The van der Waals surface area contributed by atoms with Gasteiger partial charge in [0.05, 0.1) is 34.8 Å². The van der Waals surface area contributed by atoms with Crippen LogP contribution in [0.2, 0.25) is 0 Å². The van der Waals surface area contributed by atoms with Gasteiger partial charge in [-0.3, -0.25) is 23.7 Å². The highest BCUT2D eigenvalue weighted by molar-refractivity contribution is 7.14. The van der Waals surface area contributed by atoms with Crippen molar-refractivity contribution in [1.82, 2.24) is 19.1 Å². The second-order valence-corrected chi connectivity index (χ2v) is 8.21. The number of thiazole rings is 1. The van der Waals surface area contributed by atoms with Gasteiger partial charge in [-0.25, -0.2) is 14.2 Å². The van der Waals surface area contributed by atoms with E-state index in [0.29, 0.717) is 11.6 Å². The Kier molecular flexibility index (Phi) is 5.81. The van der Waals surface area contributed by atoms with Crippen LogP contribution in [0.25, 0.3) is 22.2 Å². The van der Waals surface area contributed by atoms with E-state index in [9.17, 15) is 31.9 Å². The maximum atomic E-state index is 13.9. The molecule has 1 aromatic carbocycles. The normalized spacial score (nSPS) is 11.7. The Labute approximate surface area is 192 Å². The molecule has 0 saturated heterocycles. The molecule has 8 nitrogen and oxygen atoms in total. The third-order valence-electron chi connectivity index (χ3n) is 5.13. The number of amides is 1. The van der Waals surface area contributed by atoms with E-state index in [0.717, 1.165) is 28.0 Å². The second kappa shape index (κ2) is 8.48. The average molecular weight is 493 g/mol. The van der Waals surface area contributed by atoms with Gasteiger partial charge in [0.1, 0.15) is 5.82 Å². The third kappa shape index (κ3) is 4.21. The molecule has 1 amide bonds. The molecule has 3 aromatic heterocycles. The summed E-state index contributed by atoms with van der Waals surface area (Å²) in [4.78, 5) is 45.5. The number of anilines is 1. The fourth-order valence-electron chi connectivity index (χ4n) is 3.41. The number of hydrogen-bond acceptors (Lipinski definition) is 6. The van der Waals surface area contributed by atoms with Gasteiger partial charge in [0.15, 0.2) is 5.13 Å². The molecule has 13 heteroatoms. The highest BCUT2D eigenvalue weighted by Gasteiger charge is 2.34. The number of aryl methyl sites for hydroxylation is 1. The first-order valence-electron chi connectivity index (χ1n) is 9.62. The number of alkyl halides is 3. The largest absolute Gasteiger partial charge is 0.419 e. The molecule has 34 heavy (non-hydrogen) atoms. The van der Waals surface area contributed by atoms with Gasteiger partial charge in [-0.05, 0) is 17.7 Å². The van der Waals surface area contributed by atoms with Crippen molar-refractivity contribution in [3.8, 4) is 11.3 Å². The van der Waals surface area contributed by atoms with Crippen LogP contribution in [0.1, 0.15) is 11.1 Å². The molecule has 0 atom stereocenters. The number of hydrogen-bond donors (Lipinski definition) is 1. The molecule has 4 aromatic rings. The van der Waals surface area contributed by atoms with E-state index in [1.54, 1.807) is 0 Å². The molecule has 1 N–H and O–H groups in total. The Balaban J connectivity index is 1.57. The van der Waals surface area contributed by atoms with Gasteiger partial charge >= 0.3 is 11.9 Å². The van der Waals surface area contributed by atoms with Crippen molar-refractivity contribution < 1.29 is 22.4 Å². The van der Waals surface area contributed by atoms with Gasteiger partial charge in [0.25, 0.3) is 5.56 Å².